The maximum Gasteiger partial charge on any atom is 0.449 e. The molecular weight excluding hydrogens is 388 g/mol. The molecule has 0 aliphatic carbocycles. The molecule has 0 spiro atoms. The van der Waals surface area contributed by atoms with E-state index in [0.717, 1.165) is 18.2 Å². The van der Waals surface area contributed by atoms with Gasteiger partial charge in [0.15, 0.2) is 17.5 Å². The third-order valence-corrected chi connectivity index (χ3v) is 4.69. The largest absolute Gasteiger partial charge is 0.449 e. The second-order valence-corrected chi connectivity index (χ2v) is 6.74. The zero-order valence-electron chi connectivity index (χ0n) is 12.3. The zero-order valence-corrected chi connectivity index (χ0v) is 13.1. The van der Waals surface area contributed by atoms with Crippen LogP contribution in [0.5, 0.6) is 0 Å². The summed E-state index contributed by atoms with van der Waals surface area (Å²) in [5.74, 6) is -6.73. The molecule has 2 aromatic carbocycles. The van der Waals surface area contributed by atoms with Gasteiger partial charge >= 0.3 is 6.18 Å². The Labute approximate surface area is 141 Å². The number of hydrogen-bond acceptors (Lipinski definition) is 3. The Morgan fingerprint density at radius 3 is 2.35 bits per heavy atom. The van der Waals surface area contributed by atoms with E-state index >= 15 is 0 Å². The van der Waals surface area contributed by atoms with E-state index in [1.165, 1.54) is 0 Å². The van der Waals surface area contributed by atoms with Crippen LogP contribution in [-0.2, 0) is 16.2 Å². The summed E-state index contributed by atoms with van der Waals surface area (Å²) in [6.07, 6.45) is -4.73. The SMILES string of the molecule is O=S(=O)(Nc1ccc2nc(C(F)(F)F)[nH]c2c1)c1ccc(F)c(F)c1F. The van der Waals surface area contributed by atoms with E-state index in [9.17, 15) is 34.8 Å². The van der Waals surface area contributed by atoms with E-state index in [1.54, 1.807) is 0 Å². The summed E-state index contributed by atoms with van der Waals surface area (Å²) in [5, 5.41) is 0. The van der Waals surface area contributed by atoms with Crippen LogP contribution in [0.1, 0.15) is 5.82 Å². The zero-order chi connectivity index (χ0) is 19.3. The quantitative estimate of drug-likeness (QED) is 0.523. The van der Waals surface area contributed by atoms with Gasteiger partial charge in [-0.3, -0.25) is 4.72 Å². The minimum absolute atomic E-state index is 0.0840. The summed E-state index contributed by atoms with van der Waals surface area (Å²) < 4.78 is 104. The number of nitrogens with zero attached hydrogens (tertiary/aromatic N) is 1. The second-order valence-electron chi connectivity index (χ2n) is 5.09. The summed E-state index contributed by atoms with van der Waals surface area (Å²) >= 11 is 0. The fourth-order valence-electron chi connectivity index (χ4n) is 2.13. The molecule has 1 heterocycles. The maximum atomic E-state index is 13.7. The number of H-pyrrole nitrogens is 1. The lowest BCUT2D eigenvalue weighted by molar-refractivity contribution is -0.144. The summed E-state index contributed by atoms with van der Waals surface area (Å²) in [6.45, 7) is 0. The van der Waals surface area contributed by atoms with Gasteiger partial charge in [-0.25, -0.2) is 26.6 Å². The number of alkyl halides is 3. The van der Waals surface area contributed by atoms with Crippen LogP contribution in [0, 0.1) is 17.5 Å². The average Bonchev–Trinajstić information content (AvgIpc) is 2.95. The van der Waals surface area contributed by atoms with E-state index in [0.29, 0.717) is 12.1 Å². The van der Waals surface area contributed by atoms with Crippen molar-refractivity contribution in [1.82, 2.24) is 9.97 Å². The van der Waals surface area contributed by atoms with Gasteiger partial charge in [0.25, 0.3) is 10.0 Å². The molecule has 3 rings (SSSR count). The number of aromatic nitrogens is 2. The van der Waals surface area contributed by atoms with Gasteiger partial charge in [-0.2, -0.15) is 13.2 Å². The lowest BCUT2D eigenvalue weighted by Crippen LogP contribution is -2.15. The molecule has 0 radical (unpaired) electrons. The fraction of sp³-hybridized carbons (Fsp3) is 0.0714. The van der Waals surface area contributed by atoms with Gasteiger partial charge in [-0.05, 0) is 30.3 Å². The van der Waals surface area contributed by atoms with Crippen LogP contribution in [0.3, 0.4) is 0 Å². The Balaban J connectivity index is 1.99. The van der Waals surface area contributed by atoms with Crippen LogP contribution >= 0.6 is 0 Å². The molecule has 2 N–H and O–H groups in total. The summed E-state index contributed by atoms with van der Waals surface area (Å²) in [5.41, 5.74) is -0.457. The highest BCUT2D eigenvalue weighted by Crippen LogP contribution is 2.30. The van der Waals surface area contributed by atoms with Crippen molar-refractivity contribution in [2.45, 2.75) is 11.1 Å². The van der Waals surface area contributed by atoms with Crippen molar-refractivity contribution in [3.05, 3.63) is 53.6 Å². The number of nitrogens with one attached hydrogen (secondary N) is 2. The van der Waals surface area contributed by atoms with E-state index in [1.807, 2.05) is 9.71 Å². The smallest absolute Gasteiger partial charge is 0.334 e. The molecule has 12 heteroatoms. The molecule has 0 aliphatic rings. The van der Waals surface area contributed by atoms with E-state index < -0.39 is 44.4 Å². The summed E-state index contributed by atoms with van der Waals surface area (Å²) in [7, 11) is -4.66. The van der Waals surface area contributed by atoms with Gasteiger partial charge < -0.3 is 4.98 Å². The Hall–Kier alpha value is -2.76. The predicted octanol–water partition coefficient (Wildman–Crippen LogP) is 3.80. The van der Waals surface area contributed by atoms with Gasteiger partial charge in [0.05, 0.1) is 16.7 Å². The highest BCUT2D eigenvalue weighted by Gasteiger charge is 2.34. The number of sulfonamides is 1. The average molecular weight is 395 g/mol. The number of anilines is 1. The van der Waals surface area contributed by atoms with Crippen molar-refractivity contribution in [3.63, 3.8) is 0 Å². The Morgan fingerprint density at radius 1 is 1.00 bits per heavy atom. The third-order valence-electron chi connectivity index (χ3n) is 3.29. The Bertz CT molecular complexity index is 1110. The lowest BCUT2D eigenvalue weighted by atomic mass is 10.3. The molecule has 1 aromatic heterocycles. The normalized spacial score (nSPS) is 12.5. The number of rotatable bonds is 3. The number of hydrogen-bond donors (Lipinski definition) is 2. The maximum absolute atomic E-state index is 13.7. The van der Waals surface area contributed by atoms with Gasteiger partial charge in [0, 0.05) is 0 Å². The molecule has 0 fully saturated rings. The van der Waals surface area contributed by atoms with Crippen molar-refractivity contribution in [2.75, 3.05) is 4.72 Å². The van der Waals surface area contributed by atoms with Crippen LogP contribution in [-0.4, -0.2) is 18.4 Å². The van der Waals surface area contributed by atoms with Crippen LogP contribution in [0.2, 0.25) is 0 Å². The molecule has 0 bridgehead atoms. The first-order valence-corrected chi connectivity index (χ1v) is 8.20. The first kappa shape index (κ1) is 18.0. The van der Waals surface area contributed by atoms with Crippen molar-refractivity contribution < 1.29 is 34.8 Å². The molecule has 0 saturated carbocycles. The molecule has 0 atom stereocenters. The van der Waals surface area contributed by atoms with Crippen molar-refractivity contribution in [2.24, 2.45) is 0 Å². The second kappa shape index (κ2) is 5.90. The van der Waals surface area contributed by atoms with Crippen molar-refractivity contribution in [3.8, 4) is 0 Å². The molecule has 138 valence electrons. The molecule has 0 unspecified atom stereocenters. The highest BCUT2D eigenvalue weighted by atomic mass is 32.2. The highest BCUT2D eigenvalue weighted by molar-refractivity contribution is 7.92. The standard InChI is InChI=1S/C14H7F6N3O2S/c15-7-2-4-10(12(17)11(7)16)26(24,25)23-6-1-3-8-9(5-6)22-13(21-8)14(18,19)20/h1-5,23H,(H,21,22). The minimum atomic E-state index is -4.73. The number of aromatic amines is 1. The molecule has 0 aliphatic heterocycles. The van der Waals surface area contributed by atoms with Crippen LogP contribution in [0.25, 0.3) is 11.0 Å². The Morgan fingerprint density at radius 2 is 1.69 bits per heavy atom. The summed E-state index contributed by atoms with van der Waals surface area (Å²) in [6, 6.07) is 4.12. The molecule has 3 aromatic rings. The van der Waals surface area contributed by atoms with Gasteiger partial charge in [-0.1, -0.05) is 0 Å². The molecule has 0 amide bonds. The third kappa shape index (κ3) is 3.19. The number of halogens is 6. The van der Waals surface area contributed by atoms with Crippen molar-refractivity contribution in [1.29, 1.82) is 0 Å². The molecule has 26 heavy (non-hydrogen) atoms. The van der Waals surface area contributed by atoms with E-state index in [-0.39, 0.29) is 16.7 Å². The van der Waals surface area contributed by atoms with Crippen LogP contribution in [0.4, 0.5) is 32.0 Å². The molecular formula is C14H7F6N3O2S. The molecule has 5 nitrogen and oxygen atoms in total. The Kier molecular flexibility index (Phi) is 4.09. The monoisotopic (exact) mass is 395 g/mol. The van der Waals surface area contributed by atoms with E-state index in [2.05, 4.69) is 4.98 Å². The van der Waals surface area contributed by atoms with Crippen LogP contribution in [0.15, 0.2) is 35.2 Å². The number of benzene rings is 2. The lowest BCUT2D eigenvalue weighted by Gasteiger charge is -2.09. The summed E-state index contributed by atoms with van der Waals surface area (Å²) in [4.78, 5) is 4.13. The van der Waals surface area contributed by atoms with Crippen LogP contribution < -0.4 is 4.72 Å². The first-order valence-electron chi connectivity index (χ1n) is 6.72. The predicted molar refractivity (Wildman–Crippen MR) is 78.2 cm³/mol. The van der Waals surface area contributed by atoms with Gasteiger partial charge in [0.2, 0.25) is 5.82 Å². The first-order chi connectivity index (χ1) is 12.0. The topological polar surface area (TPSA) is 74.8 Å². The number of fused-ring (bicyclic) bond motifs is 1. The van der Waals surface area contributed by atoms with Gasteiger partial charge in [-0.15, -0.1) is 0 Å². The minimum Gasteiger partial charge on any atom is -0.334 e. The fourth-order valence-corrected chi connectivity index (χ4v) is 3.25. The van der Waals surface area contributed by atoms with Crippen molar-refractivity contribution >= 4 is 26.7 Å². The molecule has 0 saturated heterocycles. The number of imidazole rings is 1. The van der Waals surface area contributed by atoms with E-state index in [4.69, 9.17) is 0 Å². The van der Waals surface area contributed by atoms with Gasteiger partial charge in [0.1, 0.15) is 4.90 Å².